The second-order valence-electron chi connectivity index (χ2n) is 6.66. The molecule has 0 radical (unpaired) electrons. The van der Waals surface area contributed by atoms with Gasteiger partial charge in [0.05, 0.1) is 6.61 Å². The number of aromatic hydroxyl groups is 1. The van der Waals surface area contributed by atoms with Gasteiger partial charge in [-0.05, 0) is 61.3 Å². The number of phenolic OH excluding ortho intramolecular Hbond substituents is 1. The van der Waals surface area contributed by atoms with Gasteiger partial charge in [0.25, 0.3) is 0 Å². The minimum absolute atomic E-state index is 0.319. The fraction of sp³-hybridized carbons (Fsp3) is 0.667. The zero-order chi connectivity index (χ0) is 13.9. The number of rotatable bonds is 3. The van der Waals surface area contributed by atoms with Crippen molar-refractivity contribution in [2.45, 2.75) is 51.9 Å². The van der Waals surface area contributed by atoms with Crippen LogP contribution in [0.1, 0.15) is 50.5 Å². The Labute approximate surface area is 122 Å². The summed E-state index contributed by atoms with van der Waals surface area (Å²) in [4.78, 5) is 0. The molecule has 0 amide bonds. The minimum atomic E-state index is 0.319. The van der Waals surface area contributed by atoms with Gasteiger partial charge in [-0.15, -0.1) is 0 Å². The van der Waals surface area contributed by atoms with Crippen molar-refractivity contribution in [1.29, 1.82) is 0 Å². The van der Waals surface area contributed by atoms with Crippen LogP contribution in [0.3, 0.4) is 0 Å². The van der Waals surface area contributed by atoms with Crippen molar-refractivity contribution in [2.75, 3.05) is 6.61 Å². The van der Waals surface area contributed by atoms with Crippen molar-refractivity contribution >= 4 is 0 Å². The van der Waals surface area contributed by atoms with Gasteiger partial charge in [0.15, 0.2) is 0 Å². The van der Waals surface area contributed by atoms with E-state index in [-0.39, 0.29) is 0 Å². The topological polar surface area (TPSA) is 29.5 Å². The normalized spacial score (nSPS) is 29.8. The Morgan fingerprint density at radius 2 is 1.90 bits per heavy atom. The second-order valence-corrected chi connectivity index (χ2v) is 6.66. The summed E-state index contributed by atoms with van der Waals surface area (Å²) in [6.07, 6.45) is 9.86. The van der Waals surface area contributed by atoms with Gasteiger partial charge < -0.3 is 9.84 Å². The van der Waals surface area contributed by atoms with E-state index in [9.17, 15) is 5.11 Å². The molecule has 0 aromatic heterocycles. The number of ether oxygens (including phenoxy) is 1. The number of benzene rings is 1. The van der Waals surface area contributed by atoms with Gasteiger partial charge in [-0.3, -0.25) is 0 Å². The SMILES string of the molecule is Cc1cc(O)ccc1OCC1CCCC2CCCCC21. The molecule has 0 spiro atoms. The summed E-state index contributed by atoms with van der Waals surface area (Å²) >= 11 is 0. The Balaban J connectivity index is 1.62. The van der Waals surface area contributed by atoms with Crippen molar-refractivity contribution in [1.82, 2.24) is 0 Å². The average Bonchev–Trinajstić information content (AvgIpc) is 2.46. The van der Waals surface area contributed by atoms with E-state index in [0.29, 0.717) is 5.75 Å². The molecule has 20 heavy (non-hydrogen) atoms. The molecule has 2 fully saturated rings. The van der Waals surface area contributed by atoms with Crippen molar-refractivity contribution in [3.8, 4) is 11.5 Å². The molecule has 0 bridgehead atoms. The fourth-order valence-corrected chi connectivity index (χ4v) is 4.27. The molecule has 2 aliphatic rings. The molecule has 2 saturated carbocycles. The maximum atomic E-state index is 9.45. The summed E-state index contributed by atoms with van der Waals surface area (Å²) in [6, 6.07) is 5.39. The average molecular weight is 274 g/mol. The summed E-state index contributed by atoms with van der Waals surface area (Å²) in [7, 11) is 0. The van der Waals surface area contributed by atoms with Crippen molar-refractivity contribution in [3.63, 3.8) is 0 Å². The molecule has 3 unspecified atom stereocenters. The lowest BCUT2D eigenvalue weighted by atomic mass is 9.66. The van der Waals surface area contributed by atoms with Gasteiger partial charge in [0.1, 0.15) is 11.5 Å². The van der Waals surface area contributed by atoms with Crippen LogP contribution < -0.4 is 4.74 Å². The highest BCUT2D eigenvalue weighted by molar-refractivity contribution is 5.38. The van der Waals surface area contributed by atoms with Gasteiger partial charge in [0, 0.05) is 0 Å². The standard InChI is InChI=1S/C18H26O2/c1-13-11-16(19)9-10-18(13)20-12-15-7-4-6-14-5-2-3-8-17(14)15/h9-11,14-15,17,19H,2-8,12H2,1H3. The molecular weight excluding hydrogens is 248 g/mol. The van der Waals surface area contributed by atoms with E-state index in [2.05, 4.69) is 0 Å². The van der Waals surface area contributed by atoms with Crippen molar-refractivity contribution < 1.29 is 9.84 Å². The van der Waals surface area contributed by atoms with Gasteiger partial charge in [-0.1, -0.05) is 32.1 Å². The van der Waals surface area contributed by atoms with E-state index in [1.54, 1.807) is 12.1 Å². The zero-order valence-electron chi connectivity index (χ0n) is 12.5. The molecule has 0 aliphatic heterocycles. The van der Waals surface area contributed by atoms with E-state index in [1.807, 2.05) is 13.0 Å². The number of hydrogen-bond acceptors (Lipinski definition) is 2. The predicted molar refractivity (Wildman–Crippen MR) is 81.1 cm³/mol. The monoisotopic (exact) mass is 274 g/mol. The third-order valence-electron chi connectivity index (χ3n) is 5.33. The molecule has 110 valence electrons. The van der Waals surface area contributed by atoms with E-state index >= 15 is 0 Å². The molecule has 3 atom stereocenters. The van der Waals surface area contributed by atoms with Gasteiger partial charge in [0.2, 0.25) is 0 Å². The molecule has 0 saturated heterocycles. The van der Waals surface area contributed by atoms with Gasteiger partial charge in [-0.25, -0.2) is 0 Å². The van der Waals surface area contributed by atoms with E-state index in [0.717, 1.165) is 35.7 Å². The lowest BCUT2D eigenvalue weighted by molar-refractivity contribution is 0.0678. The lowest BCUT2D eigenvalue weighted by Gasteiger charge is -2.41. The second kappa shape index (κ2) is 6.07. The molecule has 0 heterocycles. The summed E-state index contributed by atoms with van der Waals surface area (Å²) < 4.78 is 6.07. The van der Waals surface area contributed by atoms with Gasteiger partial charge >= 0.3 is 0 Å². The Morgan fingerprint density at radius 3 is 2.75 bits per heavy atom. The molecule has 2 nitrogen and oxygen atoms in total. The van der Waals surface area contributed by atoms with Crippen molar-refractivity contribution in [2.24, 2.45) is 17.8 Å². The number of hydrogen-bond donors (Lipinski definition) is 1. The van der Waals surface area contributed by atoms with Crippen LogP contribution in [0.4, 0.5) is 0 Å². The quantitative estimate of drug-likeness (QED) is 0.866. The molecule has 1 aromatic rings. The Bertz CT molecular complexity index is 453. The summed E-state index contributed by atoms with van der Waals surface area (Å²) in [5.74, 6) is 3.85. The van der Waals surface area contributed by atoms with Crippen molar-refractivity contribution in [3.05, 3.63) is 23.8 Å². The van der Waals surface area contributed by atoms with Crippen LogP contribution in [-0.4, -0.2) is 11.7 Å². The fourth-order valence-electron chi connectivity index (χ4n) is 4.27. The summed E-state index contributed by atoms with van der Waals surface area (Å²) in [5, 5.41) is 9.45. The van der Waals surface area contributed by atoms with Crippen LogP contribution in [0.2, 0.25) is 0 Å². The highest BCUT2D eigenvalue weighted by atomic mass is 16.5. The largest absolute Gasteiger partial charge is 0.508 e. The van der Waals surface area contributed by atoms with Crippen LogP contribution >= 0.6 is 0 Å². The smallest absolute Gasteiger partial charge is 0.122 e. The maximum absolute atomic E-state index is 9.45. The minimum Gasteiger partial charge on any atom is -0.508 e. The van der Waals surface area contributed by atoms with E-state index in [4.69, 9.17) is 4.74 Å². The predicted octanol–water partition coefficient (Wildman–Crippen LogP) is 4.69. The Hall–Kier alpha value is -1.18. The molecule has 2 heteroatoms. The Kier molecular flexibility index (Phi) is 4.18. The summed E-state index contributed by atoms with van der Waals surface area (Å²) in [5.41, 5.74) is 1.03. The highest BCUT2D eigenvalue weighted by Gasteiger charge is 2.35. The van der Waals surface area contributed by atoms with Crippen LogP contribution in [0.15, 0.2) is 18.2 Å². The first kappa shape index (κ1) is 13.8. The Morgan fingerprint density at radius 1 is 1.10 bits per heavy atom. The zero-order valence-corrected chi connectivity index (χ0v) is 12.5. The van der Waals surface area contributed by atoms with Gasteiger partial charge in [-0.2, -0.15) is 0 Å². The number of aryl methyl sites for hydroxylation is 1. The summed E-state index contributed by atoms with van der Waals surface area (Å²) in [6.45, 7) is 2.85. The number of fused-ring (bicyclic) bond motifs is 1. The van der Waals surface area contributed by atoms with E-state index in [1.165, 1.54) is 44.9 Å². The lowest BCUT2D eigenvalue weighted by Crippen LogP contribution is -2.34. The molecule has 3 rings (SSSR count). The first-order valence-corrected chi connectivity index (χ1v) is 8.16. The van der Waals surface area contributed by atoms with Crippen LogP contribution in [0.25, 0.3) is 0 Å². The third-order valence-corrected chi connectivity index (χ3v) is 5.33. The highest BCUT2D eigenvalue weighted by Crippen LogP contribution is 2.44. The van der Waals surface area contributed by atoms with Crippen LogP contribution in [0.5, 0.6) is 11.5 Å². The number of phenols is 1. The third kappa shape index (κ3) is 2.94. The first-order chi connectivity index (χ1) is 9.74. The molecule has 2 aliphatic carbocycles. The molecular formula is C18H26O2. The first-order valence-electron chi connectivity index (χ1n) is 8.16. The molecule has 1 N–H and O–H groups in total. The van der Waals surface area contributed by atoms with Crippen LogP contribution in [0, 0.1) is 24.7 Å². The van der Waals surface area contributed by atoms with E-state index < -0.39 is 0 Å². The van der Waals surface area contributed by atoms with Crippen LogP contribution in [-0.2, 0) is 0 Å². The maximum Gasteiger partial charge on any atom is 0.122 e. The molecule has 1 aromatic carbocycles.